The number of amides is 1. The van der Waals surface area contributed by atoms with Crippen LogP contribution in [0.1, 0.15) is 75.9 Å². The van der Waals surface area contributed by atoms with Gasteiger partial charge in [0.25, 0.3) is 5.91 Å². The maximum Gasteiger partial charge on any atom is 0.306 e. The Hall–Kier alpha value is -3.46. The first kappa shape index (κ1) is 26.2. The van der Waals surface area contributed by atoms with Gasteiger partial charge in [-0.15, -0.1) is 0 Å². The summed E-state index contributed by atoms with van der Waals surface area (Å²) in [6, 6.07) is 8.59. The molecule has 2 atom stereocenters. The Morgan fingerprint density at radius 2 is 1.92 bits per heavy atom. The van der Waals surface area contributed by atoms with E-state index < -0.39 is 5.60 Å². The molecule has 2 aliphatic heterocycles. The second-order valence-electron chi connectivity index (χ2n) is 11.3. The minimum absolute atomic E-state index is 0.0507. The monoisotopic (exact) mass is 520 g/mol. The second kappa shape index (κ2) is 10.7. The van der Waals surface area contributed by atoms with E-state index >= 15 is 0 Å². The minimum Gasteiger partial charge on any atom is -0.508 e. The highest BCUT2D eigenvalue weighted by Crippen LogP contribution is 2.32. The summed E-state index contributed by atoms with van der Waals surface area (Å²) >= 11 is 0. The number of phenols is 1. The van der Waals surface area contributed by atoms with Gasteiger partial charge in [-0.3, -0.25) is 9.59 Å². The van der Waals surface area contributed by atoms with E-state index in [2.05, 4.69) is 5.10 Å². The number of benzene rings is 1. The highest BCUT2D eigenvalue weighted by molar-refractivity contribution is 6.06. The Kier molecular flexibility index (Phi) is 7.38. The van der Waals surface area contributed by atoms with E-state index in [0.717, 1.165) is 37.7 Å². The van der Waals surface area contributed by atoms with E-state index in [1.54, 1.807) is 35.1 Å². The minimum atomic E-state index is -0.531. The zero-order chi connectivity index (χ0) is 26.9. The molecule has 2 aromatic heterocycles. The van der Waals surface area contributed by atoms with Crippen LogP contribution in [0.25, 0.3) is 22.3 Å². The first-order valence-corrected chi connectivity index (χ1v) is 13.5. The lowest BCUT2D eigenvalue weighted by Crippen LogP contribution is -2.41. The molecule has 2 fully saturated rings. The fourth-order valence-corrected chi connectivity index (χ4v) is 5.31. The molecule has 202 valence electrons. The topological polar surface area (TPSA) is 107 Å². The van der Waals surface area contributed by atoms with Gasteiger partial charge >= 0.3 is 5.97 Å². The lowest BCUT2D eigenvalue weighted by molar-refractivity contribution is -0.156. The average molecular weight is 521 g/mol. The van der Waals surface area contributed by atoms with Crippen molar-refractivity contribution in [2.45, 2.75) is 71.1 Å². The van der Waals surface area contributed by atoms with Crippen molar-refractivity contribution in [3.8, 4) is 17.0 Å². The molecule has 2 saturated heterocycles. The molecule has 1 amide bonds. The van der Waals surface area contributed by atoms with Gasteiger partial charge < -0.3 is 19.5 Å². The number of phenolic OH excluding ortho intramolecular Hbond substituents is 1. The number of hydrogen-bond acceptors (Lipinski definition) is 7. The molecule has 2 aliphatic rings. The van der Waals surface area contributed by atoms with E-state index in [-0.39, 0.29) is 29.8 Å². The number of nitrogens with zero attached hydrogens (tertiary/aromatic N) is 4. The Labute approximate surface area is 222 Å². The van der Waals surface area contributed by atoms with Gasteiger partial charge in [0.2, 0.25) is 0 Å². The Morgan fingerprint density at radius 3 is 2.63 bits per heavy atom. The number of carbonyl (C=O) groups is 2. The summed E-state index contributed by atoms with van der Waals surface area (Å²) in [6.45, 7) is 7.38. The SMILES string of the molecule is CC(C)(C)OC(=O)CC1CCCN(C(=O)c2cc(-c3ccc(O)cc3)nc3c2cnn3C2CCCCO2)C1. The second-order valence-corrected chi connectivity index (χ2v) is 11.3. The molecule has 0 spiro atoms. The molecule has 3 aromatic rings. The van der Waals surface area contributed by atoms with Crippen LogP contribution in [0, 0.1) is 5.92 Å². The van der Waals surface area contributed by atoms with Crippen molar-refractivity contribution in [3.05, 3.63) is 42.1 Å². The first-order chi connectivity index (χ1) is 18.2. The van der Waals surface area contributed by atoms with Crippen molar-refractivity contribution >= 4 is 22.9 Å². The van der Waals surface area contributed by atoms with Crippen molar-refractivity contribution in [1.82, 2.24) is 19.7 Å². The fourth-order valence-electron chi connectivity index (χ4n) is 5.31. The van der Waals surface area contributed by atoms with E-state index in [1.807, 2.05) is 31.7 Å². The maximum absolute atomic E-state index is 14.0. The van der Waals surface area contributed by atoms with Gasteiger partial charge in [0.15, 0.2) is 11.9 Å². The van der Waals surface area contributed by atoms with Gasteiger partial charge in [-0.2, -0.15) is 5.10 Å². The van der Waals surface area contributed by atoms with E-state index in [9.17, 15) is 14.7 Å². The number of carbonyl (C=O) groups excluding carboxylic acids is 2. The predicted molar refractivity (Wildman–Crippen MR) is 143 cm³/mol. The normalized spacial score (nSPS) is 20.4. The largest absolute Gasteiger partial charge is 0.508 e. The number of hydrogen-bond donors (Lipinski definition) is 1. The van der Waals surface area contributed by atoms with Crippen LogP contribution in [0.3, 0.4) is 0 Å². The number of rotatable bonds is 5. The molecule has 1 aromatic carbocycles. The van der Waals surface area contributed by atoms with Gasteiger partial charge in [0.05, 0.1) is 29.3 Å². The Balaban J connectivity index is 1.47. The molecular formula is C29H36N4O5. The third-order valence-electron chi connectivity index (χ3n) is 7.07. The zero-order valence-electron chi connectivity index (χ0n) is 22.4. The standard InChI is InChI=1S/C29H36N4O5/c1-29(2,3)38-26(35)15-19-7-6-13-32(18-19)28(36)22-16-24(20-9-11-21(34)12-10-20)31-27-23(22)17-30-33(27)25-8-4-5-14-37-25/h9-12,16-17,19,25,34H,4-8,13-15,18H2,1-3H3. The third-order valence-corrected chi connectivity index (χ3v) is 7.07. The molecule has 38 heavy (non-hydrogen) atoms. The van der Waals surface area contributed by atoms with Gasteiger partial charge in [0.1, 0.15) is 11.4 Å². The van der Waals surface area contributed by atoms with Crippen molar-refractivity contribution in [1.29, 1.82) is 0 Å². The molecule has 1 N–H and O–H groups in total. The number of piperidine rings is 1. The summed E-state index contributed by atoms with van der Waals surface area (Å²) < 4.78 is 13.3. The number of esters is 1. The number of pyridine rings is 1. The van der Waals surface area contributed by atoms with Gasteiger partial charge in [0, 0.05) is 25.3 Å². The molecule has 4 heterocycles. The maximum atomic E-state index is 14.0. The van der Waals surface area contributed by atoms with Crippen LogP contribution in [0.15, 0.2) is 36.5 Å². The molecule has 0 aliphatic carbocycles. The molecule has 5 rings (SSSR count). The lowest BCUT2D eigenvalue weighted by Gasteiger charge is -2.33. The van der Waals surface area contributed by atoms with Crippen LogP contribution in [0.2, 0.25) is 0 Å². The molecule has 2 unspecified atom stereocenters. The van der Waals surface area contributed by atoms with Gasteiger partial charge in [-0.1, -0.05) is 0 Å². The van der Waals surface area contributed by atoms with Crippen LogP contribution in [-0.4, -0.2) is 61.9 Å². The summed E-state index contributed by atoms with van der Waals surface area (Å²) in [5.74, 6) is -0.118. The highest BCUT2D eigenvalue weighted by Gasteiger charge is 2.30. The molecule has 9 nitrogen and oxygen atoms in total. The van der Waals surface area contributed by atoms with Crippen LogP contribution in [0.5, 0.6) is 5.75 Å². The molecule has 0 radical (unpaired) electrons. The summed E-state index contributed by atoms with van der Waals surface area (Å²) in [7, 11) is 0. The van der Waals surface area contributed by atoms with E-state index in [1.165, 1.54) is 0 Å². The third kappa shape index (κ3) is 5.83. The van der Waals surface area contributed by atoms with Crippen LogP contribution < -0.4 is 0 Å². The smallest absolute Gasteiger partial charge is 0.306 e. The number of fused-ring (bicyclic) bond motifs is 1. The molecule has 9 heteroatoms. The van der Waals surface area contributed by atoms with Crippen LogP contribution in [0.4, 0.5) is 0 Å². The van der Waals surface area contributed by atoms with Crippen molar-refractivity contribution in [3.63, 3.8) is 0 Å². The summed E-state index contributed by atoms with van der Waals surface area (Å²) in [4.78, 5) is 33.2. The number of aromatic nitrogens is 3. The van der Waals surface area contributed by atoms with Crippen LogP contribution in [-0.2, 0) is 14.3 Å². The number of aromatic hydroxyl groups is 1. The molecular weight excluding hydrogens is 484 g/mol. The molecule has 0 saturated carbocycles. The fraction of sp³-hybridized carbons (Fsp3) is 0.517. The van der Waals surface area contributed by atoms with E-state index in [4.69, 9.17) is 14.5 Å². The first-order valence-electron chi connectivity index (χ1n) is 13.5. The van der Waals surface area contributed by atoms with Crippen LogP contribution >= 0.6 is 0 Å². The summed E-state index contributed by atoms with van der Waals surface area (Å²) in [5, 5.41) is 15.1. The van der Waals surface area contributed by atoms with E-state index in [0.29, 0.717) is 48.4 Å². The van der Waals surface area contributed by atoms with Gasteiger partial charge in [-0.25, -0.2) is 9.67 Å². The zero-order valence-corrected chi connectivity index (χ0v) is 22.4. The molecule has 0 bridgehead atoms. The quantitative estimate of drug-likeness (QED) is 0.467. The number of ether oxygens (including phenoxy) is 2. The van der Waals surface area contributed by atoms with Gasteiger partial charge in [-0.05, 0) is 89.1 Å². The summed E-state index contributed by atoms with van der Waals surface area (Å²) in [6.07, 6.45) is 6.38. The van der Waals surface area contributed by atoms with Crippen molar-refractivity contribution < 1.29 is 24.2 Å². The highest BCUT2D eigenvalue weighted by atomic mass is 16.6. The number of likely N-dealkylation sites (tertiary alicyclic amines) is 1. The van der Waals surface area contributed by atoms with Crippen molar-refractivity contribution in [2.24, 2.45) is 5.92 Å². The lowest BCUT2D eigenvalue weighted by atomic mass is 9.94. The Bertz CT molecular complexity index is 1300. The Morgan fingerprint density at radius 1 is 1.13 bits per heavy atom. The average Bonchev–Trinajstić information content (AvgIpc) is 3.32. The predicted octanol–water partition coefficient (Wildman–Crippen LogP) is 5.09. The summed E-state index contributed by atoms with van der Waals surface area (Å²) in [5.41, 5.74) is 2.01. The van der Waals surface area contributed by atoms with Crippen molar-refractivity contribution in [2.75, 3.05) is 19.7 Å².